The third-order valence-corrected chi connectivity index (χ3v) is 10.8. The number of likely N-dealkylation sites (tertiary alicyclic amines) is 1. The van der Waals surface area contributed by atoms with Gasteiger partial charge in [0.25, 0.3) is 5.91 Å². The van der Waals surface area contributed by atoms with Crippen LogP contribution in [0.25, 0.3) is 11.0 Å². The maximum absolute atomic E-state index is 13.9. The number of carbonyl (C=O) groups excluding carboxylic acids is 1. The van der Waals surface area contributed by atoms with Crippen molar-refractivity contribution in [1.82, 2.24) is 19.4 Å². The molecule has 1 aromatic heterocycles. The zero-order valence-corrected chi connectivity index (χ0v) is 29.9. The van der Waals surface area contributed by atoms with Crippen molar-refractivity contribution in [3.05, 3.63) is 83.9 Å². The number of aromatic nitrogens is 2. The van der Waals surface area contributed by atoms with E-state index in [9.17, 15) is 9.00 Å². The smallest absolute Gasteiger partial charge is 0.257 e. The Hall–Kier alpha value is -3.44. The average molecular weight is 694 g/mol. The van der Waals surface area contributed by atoms with Gasteiger partial charge < -0.3 is 28.7 Å². The number of hydrogen-bond acceptors (Lipinski definition) is 7. The second-order valence-corrected chi connectivity index (χ2v) is 14.0. The average Bonchev–Trinajstić information content (AvgIpc) is 3.62. The number of carbonyl (C=O) groups is 1. The van der Waals surface area contributed by atoms with E-state index in [4.69, 9.17) is 14.5 Å². The number of anilines is 1. The van der Waals surface area contributed by atoms with Crippen molar-refractivity contribution in [1.29, 1.82) is 0 Å². The Kier molecular flexibility index (Phi) is 12.2. The van der Waals surface area contributed by atoms with Gasteiger partial charge in [0, 0.05) is 73.2 Å². The minimum absolute atomic E-state index is 0. The predicted molar refractivity (Wildman–Crippen MR) is 195 cm³/mol. The number of methoxy groups -OCH3 is 1. The Labute approximate surface area is 293 Å². The highest BCUT2D eigenvalue weighted by molar-refractivity contribution is 7.84. The van der Waals surface area contributed by atoms with Crippen LogP contribution in [0.15, 0.2) is 77.7 Å². The first kappa shape index (κ1) is 35.9. The minimum atomic E-state index is -1.19. The fourth-order valence-electron chi connectivity index (χ4n) is 7.22. The van der Waals surface area contributed by atoms with Gasteiger partial charge in [-0.15, -0.1) is 12.4 Å². The number of para-hydroxylation sites is 2. The SMILES string of the molecule is CCOCCn1c(N2CCCN(CCC3(c4ccccc4)CCN(C(=O)c4cc(S(C)=O)ccc4OC)C3)CC2)nc2ccccc21.Cl. The molecular weight excluding hydrogens is 646 g/mol. The molecule has 2 fully saturated rings. The van der Waals surface area contributed by atoms with E-state index in [0.717, 1.165) is 75.5 Å². The lowest BCUT2D eigenvalue weighted by molar-refractivity contribution is 0.0777. The van der Waals surface area contributed by atoms with Gasteiger partial charge in [-0.1, -0.05) is 42.5 Å². The van der Waals surface area contributed by atoms with Gasteiger partial charge in [-0.25, -0.2) is 4.98 Å². The number of hydrogen-bond donors (Lipinski definition) is 0. The van der Waals surface area contributed by atoms with Crippen LogP contribution >= 0.6 is 12.4 Å². The molecule has 3 aromatic carbocycles. The van der Waals surface area contributed by atoms with E-state index in [-0.39, 0.29) is 23.7 Å². The molecule has 2 aliphatic rings. The number of imidazole rings is 1. The second-order valence-electron chi connectivity index (χ2n) is 12.6. The summed E-state index contributed by atoms with van der Waals surface area (Å²) in [6.45, 7) is 10.3. The Bertz CT molecular complexity index is 1700. The fourth-order valence-corrected chi connectivity index (χ4v) is 7.76. The number of amides is 1. The van der Waals surface area contributed by atoms with Gasteiger partial charge in [-0.2, -0.15) is 0 Å². The molecule has 2 saturated heterocycles. The molecule has 0 N–H and O–H groups in total. The van der Waals surface area contributed by atoms with E-state index in [1.165, 1.54) is 5.56 Å². The molecule has 0 bridgehead atoms. The maximum Gasteiger partial charge on any atom is 0.257 e. The highest BCUT2D eigenvalue weighted by Crippen LogP contribution is 2.39. The van der Waals surface area contributed by atoms with E-state index in [0.29, 0.717) is 42.5 Å². The first-order valence-electron chi connectivity index (χ1n) is 16.8. The molecule has 4 aromatic rings. The second kappa shape index (κ2) is 16.3. The lowest BCUT2D eigenvalue weighted by Crippen LogP contribution is -2.39. The summed E-state index contributed by atoms with van der Waals surface area (Å²) in [4.78, 5) is 26.6. The predicted octanol–water partition coefficient (Wildman–Crippen LogP) is 5.63. The van der Waals surface area contributed by atoms with Gasteiger partial charge in [-0.3, -0.25) is 9.00 Å². The number of nitrogens with zero attached hydrogens (tertiary/aromatic N) is 5. The molecular formula is C37H48ClN5O4S. The molecule has 1 amide bonds. The summed E-state index contributed by atoms with van der Waals surface area (Å²) in [6, 6.07) is 24.3. The first-order chi connectivity index (χ1) is 22.9. The lowest BCUT2D eigenvalue weighted by Gasteiger charge is -2.33. The van der Waals surface area contributed by atoms with Gasteiger partial charge in [0.1, 0.15) is 5.75 Å². The van der Waals surface area contributed by atoms with Crippen LogP contribution in [0.4, 0.5) is 5.95 Å². The summed E-state index contributed by atoms with van der Waals surface area (Å²) in [5.41, 5.74) is 3.79. The molecule has 0 saturated carbocycles. The Morgan fingerprint density at radius 3 is 2.52 bits per heavy atom. The quantitative estimate of drug-likeness (QED) is 0.178. The number of rotatable bonds is 12. The highest BCUT2D eigenvalue weighted by Gasteiger charge is 2.42. The van der Waals surface area contributed by atoms with Crippen molar-refractivity contribution >= 4 is 46.1 Å². The van der Waals surface area contributed by atoms with E-state index in [2.05, 4.69) is 69.0 Å². The monoisotopic (exact) mass is 693 g/mol. The molecule has 2 unspecified atom stereocenters. The number of halogens is 1. The van der Waals surface area contributed by atoms with Gasteiger partial charge >= 0.3 is 0 Å². The lowest BCUT2D eigenvalue weighted by atomic mass is 9.76. The van der Waals surface area contributed by atoms with Crippen LogP contribution in [-0.2, 0) is 27.5 Å². The summed E-state index contributed by atoms with van der Waals surface area (Å²) in [7, 11) is 0.386. The first-order valence-corrected chi connectivity index (χ1v) is 18.3. The fraction of sp³-hybridized carbons (Fsp3) is 0.459. The summed E-state index contributed by atoms with van der Waals surface area (Å²) in [5, 5.41) is 0. The zero-order valence-electron chi connectivity index (χ0n) is 28.3. The standard InChI is InChI=1S/C37H47N5O4S.ClH/c1-4-46-26-25-42-33-14-9-8-13-32(33)38-36(42)40-20-10-19-39(23-24-40)21-17-37(29-11-6-5-7-12-29)18-22-41(28-37)35(43)31-27-30(47(3)44)15-16-34(31)45-2;/h5-9,11-16,27H,4,10,17-26,28H2,1-3H3;1H. The summed E-state index contributed by atoms with van der Waals surface area (Å²) in [5.74, 6) is 1.48. The maximum atomic E-state index is 13.9. The molecule has 3 heterocycles. The van der Waals surface area contributed by atoms with E-state index >= 15 is 0 Å². The molecule has 0 radical (unpaired) electrons. The molecule has 0 aliphatic carbocycles. The number of fused-ring (bicyclic) bond motifs is 1. The summed E-state index contributed by atoms with van der Waals surface area (Å²) in [6.07, 6.45) is 4.55. The Morgan fingerprint density at radius 2 is 1.75 bits per heavy atom. The topological polar surface area (TPSA) is 80.1 Å². The van der Waals surface area contributed by atoms with Crippen molar-refractivity contribution in [3.8, 4) is 5.75 Å². The number of benzene rings is 3. The van der Waals surface area contributed by atoms with Crippen LogP contribution in [-0.4, -0.2) is 102 Å². The molecule has 48 heavy (non-hydrogen) atoms. The number of ether oxygens (including phenoxy) is 2. The Balaban J connectivity index is 0.00000451. The summed E-state index contributed by atoms with van der Waals surface area (Å²) < 4.78 is 25.8. The van der Waals surface area contributed by atoms with Crippen LogP contribution < -0.4 is 9.64 Å². The molecule has 258 valence electrons. The molecule has 0 spiro atoms. The highest BCUT2D eigenvalue weighted by atomic mass is 35.5. The molecule has 2 atom stereocenters. The van der Waals surface area contributed by atoms with Gasteiger partial charge in [0.15, 0.2) is 0 Å². The molecule has 11 heteroatoms. The van der Waals surface area contributed by atoms with E-state index < -0.39 is 10.8 Å². The van der Waals surface area contributed by atoms with Crippen molar-refractivity contribution in [2.75, 3.05) is 77.3 Å². The van der Waals surface area contributed by atoms with Crippen molar-refractivity contribution in [2.24, 2.45) is 0 Å². The Morgan fingerprint density at radius 1 is 0.958 bits per heavy atom. The van der Waals surface area contributed by atoms with Crippen molar-refractivity contribution < 1.29 is 18.5 Å². The largest absolute Gasteiger partial charge is 0.496 e. The molecule has 6 rings (SSSR count). The van der Waals surface area contributed by atoms with Gasteiger partial charge in [0.05, 0.1) is 30.3 Å². The van der Waals surface area contributed by atoms with Crippen LogP contribution in [0.1, 0.15) is 42.1 Å². The van der Waals surface area contributed by atoms with Gasteiger partial charge in [-0.05, 0) is 75.2 Å². The summed E-state index contributed by atoms with van der Waals surface area (Å²) >= 11 is 0. The third kappa shape index (κ3) is 7.72. The van der Waals surface area contributed by atoms with Crippen LogP contribution in [0.2, 0.25) is 0 Å². The van der Waals surface area contributed by atoms with Crippen molar-refractivity contribution in [3.63, 3.8) is 0 Å². The third-order valence-electron chi connectivity index (χ3n) is 9.84. The van der Waals surface area contributed by atoms with Crippen molar-refractivity contribution in [2.45, 2.75) is 43.0 Å². The van der Waals surface area contributed by atoms with Crippen LogP contribution in [0, 0.1) is 0 Å². The normalized spacial score (nSPS) is 19.2. The van der Waals surface area contributed by atoms with E-state index in [1.807, 2.05) is 11.8 Å². The van der Waals surface area contributed by atoms with E-state index in [1.54, 1.807) is 31.6 Å². The zero-order chi connectivity index (χ0) is 32.8. The minimum Gasteiger partial charge on any atom is -0.496 e. The van der Waals surface area contributed by atoms with Crippen LogP contribution in [0.3, 0.4) is 0 Å². The molecule has 9 nitrogen and oxygen atoms in total. The van der Waals surface area contributed by atoms with Gasteiger partial charge in [0.2, 0.25) is 5.95 Å². The molecule has 2 aliphatic heterocycles. The van der Waals surface area contributed by atoms with Crippen LogP contribution in [0.5, 0.6) is 5.75 Å².